The molecule has 1 saturated heterocycles. The molecule has 2 N–H and O–H groups in total. The Hall–Kier alpha value is -1.83. The van der Waals surface area contributed by atoms with Gasteiger partial charge in [0.1, 0.15) is 5.75 Å². The number of nitrogens with zero attached hydrogens (tertiary/aromatic N) is 1. The van der Waals surface area contributed by atoms with Gasteiger partial charge in [0.2, 0.25) is 0 Å². The van der Waals surface area contributed by atoms with Crippen LogP contribution in [0, 0.1) is 12.8 Å². The number of ether oxygens (including phenoxy) is 3. The molecule has 1 aromatic rings. The number of fused-ring (bicyclic) bond motifs is 1. The van der Waals surface area contributed by atoms with Gasteiger partial charge in [-0.15, -0.1) is 0 Å². The molecule has 0 saturated carbocycles. The summed E-state index contributed by atoms with van der Waals surface area (Å²) in [5.41, 5.74) is 3.88. The smallest absolute Gasteiger partial charge is 0.253 e. The molecule has 0 unspecified atom stereocenters. The lowest BCUT2D eigenvalue weighted by Gasteiger charge is -2.32. The van der Waals surface area contributed by atoms with Crippen LogP contribution in [-0.2, 0) is 15.9 Å². The lowest BCUT2D eigenvalue weighted by atomic mass is 9.94. The van der Waals surface area contributed by atoms with Crippen LogP contribution in [0.25, 0.3) is 0 Å². The maximum Gasteiger partial charge on any atom is 0.253 e. The first kappa shape index (κ1) is 25.4. The second-order valence-corrected chi connectivity index (χ2v) is 8.41. The fourth-order valence-corrected chi connectivity index (χ4v) is 4.43. The molecule has 0 bridgehead atoms. The van der Waals surface area contributed by atoms with Crippen molar-refractivity contribution in [1.29, 1.82) is 0 Å². The Balaban J connectivity index is 0.00000107. The number of carbonyl (C=O) groups excluding carboxylic acids is 1. The molecule has 1 aromatic carbocycles. The van der Waals surface area contributed by atoms with Crippen LogP contribution >= 0.6 is 0 Å². The Morgan fingerprint density at radius 1 is 1.23 bits per heavy atom. The third-order valence-corrected chi connectivity index (χ3v) is 6.00. The summed E-state index contributed by atoms with van der Waals surface area (Å²) in [6, 6.07) is 1.96. The van der Waals surface area contributed by atoms with Crippen molar-refractivity contribution in [1.82, 2.24) is 10.2 Å². The molecule has 0 aromatic heterocycles. The van der Waals surface area contributed by atoms with Gasteiger partial charge in [-0.25, -0.2) is 0 Å². The average Bonchev–Trinajstić information content (AvgIpc) is 2.78. The number of hydrogen-bond acceptors (Lipinski definition) is 6. The van der Waals surface area contributed by atoms with Crippen LogP contribution in [0.4, 0.5) is 5.69 Å². The minimum absolute atomic E-state index is 0.0268. The number of hydrogen-bond donors (Lipinski definition) is 2. The molecule has 0 radical (unpaired) electrons. The van der Waals surface area contributed by atoms with E-state index >= 15 is 0 Å². The zero-order chi connectivity index (χ0) is 22.6. The number of rotatable bonds is 8. The Kier molecular flexibility index (Phi) is 11.1. The van der Waals surface area contributed by atoms with Crippen molar-refractivity contribution in [3.05, 3.63) is 22.8 Å². The molecular formula is C24H41N3O4. The zero-order valence-electron chi connectivity index (χ0n) is 20.0. The molecule has 3 rings (SSSR count). The standard InChI is InChI=1S/C22H35N3O3.C2H6O/c1-16-14-19(20-18(21(16)28-3)6-4-9-23-20)22(26)24-15-17-7-11-25(12-8-17)10-5-13-27-2;1-3-2/h14,17,23H,4-13,15H2,1-3H3,(H,24,26);1-2H3. The highest BCUT2D eigenvalue weighted by Crippen LogP contribution is 2.36. The predicted molar refractivity (Wildman–Crippen MR) is 125 cm³/mol. The van der Waals surface area contributed by atoms with Gasteiger partial charge < -0.3 is 29.7 Å². The number of carbonyl (C=O) groups is 1. The first-order chi connectivity index (χ1) is 15.0. The van der Waals surface area contributed by atoms with Gasteiger partial charge in [-0.1, -0.05) is 0 Å². The van der Waals surface area contributed by atoms with Crippen molar-refractivity contribution in [3.8, 4) is 5.75 Å². The van der Waals surface area contributed by atoms with Gasteiger partial charge in [-0.05, 0) is 69.7 Å². The van der Waals surface area contributed by atoms with Crippen LogP contribution in [0.2, 0.25) is 0 Å². The van der Waals surface area contributed by atoms with E-state index in [0.717, 1.165) is 99.6 Å². The van der Waals surface area contributed by atoms with Gasteiger partial charge in [0.15, 0.2) is 0 Å². The summed E-state index contributed by atoms with van der Waals surface area (Å²) in [5.74, 6) is 1.50. The van der Waals surface area contributed by atoms with E-state index in [0.29, 0.717) is 5.92 Å². The molecule has 0 spiro atoms. The van der Waals surface area contributed by atoms with Crippen molar-refractivity contribution >= 4 is 11.6 Å². The SMILES string of the molecule is COC.COCCCN1CCC(CNC(=O)c2cc(C)c(OC)c3c2NCCC3)CC1. The van der Waals surface area contributed by atoms with Crippen LogP contribution in [0.5, 0.6) is 5.75 Å². The zero-order valence-corrected chi connectivity index (χ0v) is 20.0. The van der Waals surface area contributed by atoms with Gasteiger partial charge in [0.05, 0.1) is 18.4 Å². The summed E-state index contributed by atoms with van der Waals surface area (Å²) in [7, 11) is 6.71. The highest BCUT2D eigenvalue weighted by atomic mass is 16.5. The van der Waals surface area contributed by atoms with Crippen LogP contribution < -0.4 is 15.4 Å². The van der Waals surface area contributed by atoms with E-state index in [9.17, 15) is 4.79 Å². The van der Waals surface area contributed by atoms with Gasteiger partial charge in [-0.2, -0.15) is 0 Å². The molecule has 2 aliphatic rings. The Bertz CT molecular complexity index is 688. The van der Waals surface area contributed by atoms with Crippen LogP contribution in [0.15, 0.2) is 6.07 Å². The maximum absolute atomic E-state index is 12.9. The number of likely N-dealkylation sites (tertiary alicyclic amines) is 1. The molecule has 7 nitrogen and oxygen atoms in total. The Morgan fingerprint density at radius 3 is 2.58 bits per heavy atom. The highest BCUT2D eigenvalue weighted by Gasteiger charge is 2.24. The molecule has 31 heavy (non-hydrogen) atoms. The third kappa shape index (κ3) is 7.37. The van der Waals surface area contributed by atoms with Crippen LogP contribution in [0.3, 0.4) is 0 Å². The van der Waals surface area contributed by atoms with Gasteiger partial charge in [0, 0.05) is 53.1 Å². The first-order valence-corrected chi connectivity index (χ1v) is 11.4. The van der Waals surface area contributed by atoms with E-state index in [2.05, 4.69) is 20.3 Å². The Labute approximate surface area is 187 Å². The van der Waals surface area contributed by atoms with Gasteiger partial charge in [0.25, 0.3) is 5.91 Å². The molecule has 176 valence electrons. The molecular weight excluding hydrogens is 394 g/mol. The molecule has 1 fully saturated rings. The minimum atomic E-state index is 0.0268. The Morgan fingerprint density at radius 2 is 1.94 bits per heavy atom. The first-order valence-electron chi connectivity index (χ1n) is 11.4. The quantitative estimate of drug-likeness (QED) is 0.612. The summed E-state index contributed by atoms with van der Waals surface area (Å²) >= 11 is 0. The summed E-state index contributed by atoms with van der Waals surface area (Å²) in [5, 5.41) is 6.62. The number of nitrogens with one attached hydrogen (secondary N) is 2. The monoisotopic (exact) mass is 435 g/mol. The van der Waals surface area contributed by atoms with Crippen molar-refractivity contribution < 1.29 is 19.0 Å². The average molecular weight is 436 g/mol. The lowest BCUT2D eigenvalue weighted by Crippen LogP contribution is -2.39. The summed E-state index contributed by atoms with van der Waals surface area (Å²) < 4.78 is 15.0. The third-order valence-electron chi connectivity index (χ3n) is 6.00. The predicted octanol–water partition coefficient (Wildman–Crippen LogP) is 3.10. The normalized spacial score (nSPS) is 16.5. The largest absolute Gasteiger partial charge is 0.496 e. The van der Waals surface area contributed by atoms with Crippen molar-refractivity contribution in [2.45, 2.75) is 39.0 Å². The second kappa shape index (κ2) is 13.6. The number of methoxy groups -OCH3 is 3. The number of aryl methyl sites for hydroxylation is 1. The summed E-state index contributed by atoms with van der Waals surface area (Å²) in [6.45, 7) is 7.84. The van der Waals surface area contributed by atoms with E-state index in [1.807, 2.05) is 13.0 Å². The topological polar surface area (TPSA) is 72.1 Å². The lowest BCUT2D eigenvalue weighted by molar-refractivity contribution is 0.0934. The van der Waals surface area contributed by atoms with Crippen molar-refractivity contribution in [2.24, 2.45) is 5.92 Å². The van der Waals surface area contributed by atoms with Crippen molar-refractivity contribution in [3.63, 3.8) is 0 Å². The summed E-state index contributed by atoms with van der Waals surface area (Å²) in [6.07, 6.45) is 5.40. The van der Waals surface area contributed by atoms with Gasteiger partial charge >= 0.3 is 0 Å². The van der Waals surface area contributed by atoms with E-state index in [1.165, 1.54) is 0 Å². The van der Waals surface area contributed by atoms with E-state index in [4.69, 9.17) is 9.47 Å². The number of anilines is 1. The molecule has 0 aliphatic carbocycles. The summed E-state index contributed by atoms with van der Waals surface area (Å²) in [4.78, 5) is 15.4. The second-order valence-electron chi connectivity index (χ2n) is 8.41. The molecule has 0 atom stereocenters. The molecule has 1 amide bonds. The molecule has 7 heteroatoms. The maximum atomic E-state index is 12.9. The fraction of sp³-hybridized carbons (Fsp3) is 0.708. The highest BCUT2D eigenvalue weighted by molar-refractivity contribution is 6.01. The number of piperidine rings is 1. The van der Waals surface area contributed by atoms with Crippen molar-refractivity contribution in [2.75, 3.05) is 73.1 Å². The van der Waals surface area contributed by atoms with Crippen LogP contribution in [0.1, 0.15) is 47.2 Å². The van der Waals surface area contributed by atoms with Gasteiger partial charge in [-0.3, -0.25) is 4.79 Å². The van der Waals surface area contributed by atoms with Crippen LogP contribution in [-0.4, -0.2) is 78.6 Å². The number of amides is 1. The minimum Gasteiger partial charge on any atom is -0.496 e. The van der Waals surface area contributed by atoms with E-state index in [-0.39, 0.29) is 5.91 Å². The fourth-order valence-electron chi connectivity index (χ4n) is 4.43. The number of benzene rings is 1. The molecule has 2 heterocycles. The van der Waals surface area contributed by atoms with E-state index in [1.54, 1.807) is 28.4 Å². The molecule has 2 aliphatic heterocycles. The van der Waals surface area contributed by atoms with E-state index < -0.39 is 0 Å².